The van der Waals surface area contributed by atoms with Crippen molar-refractivity contribution in [1.82, 2.24) is 0 Å². The Kier molecular flexibility index (Phi) is 1.64. The van der Waals surface area contributed by atoms with Crippen LogP contribution in [0, 0.1) is 17.3 Å². The van der Waals surface area contributed by atoms with Crippen molar-refractivity contribution in [2.24, 2.45) is 17.3 Å². The number of fused-ring (bicyclic) bond motifs is 1. The summed E-state index contributed by atoms with van der Waals surface area (Å²) in [7, 11) is 0. The first kappa shape index (κ1) is 8.89. The molecule has 0 aromatic heterocycles. The van der Waals surface area contributed by atoms with Gasteiger partial charge in [-0.05, 0) is 24.7 Å². The van der Waals surface area contributed by atoms with E-state index in [0.717, 1.165) is 0 Å². The first-order valence-corrected chi connectivity index (χ1v) is 5.34. The fraction of sp³-hybridized carbons (Fsp3) is 1.00. The van der Waals surface area contributed by atoms with Gasteiger partial charge in [0.25, 0.3) is 0 Å². The molecule has 0 aromatic rings. The van der Waals surface area contributed by atoms with Crippen LogP contribution in [0.1, 0.15) is 33.6 Å². The van der Waals surface area contributed by atoms with Crippen LogP contribution in [0.2, 0.25) is 0 Å². The van der Waals surface area contributed by atoms with Crippen LogP contribution in [-0.4, -0.2) is 16.0 Å². The minimum Gasteiger partial charge on any atom is -0.388 e. The topological polar surface area (TPSA) is 20.2 Å². The third-order valence-corrected chi connectivity index (χ3v) is 5.15. The predicted molar refractivity (Wildman–Crippen MR) is 53.4 cm³/mol. The Balaban J connectivity index is 2.26. The van der Waals surface area contributed by atoms with Gasteiger partial charge < -0.3 is 5.11 Å². The number of hydrogen-bond acceptors (Lipinski definition) is 2. The Morgan fingerprint density at radius 3 is 2.42 bits per heavy atom. The molecule has 0 saturated heterocycles. The molecule has 0 heterocycles. The molecule has 0 amide bonds. The van der Waals surface area contributed by atoms with Gasteiger partial charge in [0.15, 0.2) is 0 Å². The number of aliphatic hydroxyl groups is 1. The molecule has 2 heteroatoms. The monoisotopic (exact) mass is 186 g/mol. The number of hydrogen-bond donors (Lipinski definition) is 2. The number of rotatable bonds is 0. The fourth-order valence-electron chi connectivity index (χ4n) is 3.07. The number of thiol groups is 1. The van der Waals surface area contributed by atoms with E-state index >= 15 is 0 Å². The van der Waals surface area contributed by atoms with Crippen LogP contribution in [0.15, 0.2) is 0 Å². The van der Waals surface area contributed by atoms with Gasteiger partial charge in [0.2, 0.25) is 0 Å². The highest BCUT2D eigenvalue weighted by Crippen LogP contribution is 2.69. The van der Waals surface area contributed by atoms with E-state index in [2.05, 4.69) is 33.4 Å². The minimum absolute atomic E-state index is 0.115. The molecule has 0 spiro atoms. The Labute approximate surface area is 80.0 Å². The molecule has 1 N–H and O–H groups in total. The summed E-state index contributed by atoms with van der Waals surface area (Å²) in [5, 5.41) is 10.5. The van der Waals surface area contributed by atoms with Crippen LogP contribution in [0.3, 0.4) is 0 Å². The van der Waals surface area contributed by atoms with Gasteiger partial charge in [-0.3, -0.25) is 0 Å². The Morgan fingerprint density at radius 1 is 1.33 bits per heavy atom. The second-order valence-corrected chi connectivity index (χ2v) is 5.66. The zero-order valence-electron chi connectivity index (χ0n) is 8.04. The SMILES string of the molecule is CC1CCC2C(C)(C)C2(O)C1S. The van der Waals surface area contributed by atoms with Crippen LogP contribution in [0.25, 0.3) is 0 Å². The van der Waals surface area contributed by atoms with Gasteiger partial charge >= 0.3 is 0 Å². The van der Waals surface area contributed by atoms with Crippen LogP contribution in [-0.2, 0) is 0 Å². The highest BCUT2D eigenvalue weighted by molar-refractivity contribution is 7.81. The van der Waals surface area contributed by atoms with Crippen molar-refractivity contribution in [3.63, 3.8) is 0 Å². The molecule has 2 aliphatic rings. The molecule has 1 nitrogen and oxygen atoms in total. The summed E-state index contributed by atoms with van der Waals surface area (Å²) in [5.41, 5.74) is -0.349. The van der Waals surface area contributed by atoms with E-state index in [1.54, 1.807) is 0 Å². The van der Waals surface area contributed by atoms with Gasteiger partial charge in [-0.25, -0.2) is 0 Å². The van der Waals surface area contributed by atoms with Gasteiger partial charge in [-0.1, -0.05) is 20.8 Å². The van der Waals surface area contributed by atoms with Crippen molar-refractivity contribution in [2.45, 2.75) is 44.5 Å². The smallest absolute Gasteiger partial charge is 0.0854 e. The lowest BCUT2D eigenvalue weighted by Crippen LogP contribution is -2.37. The largest absolute Gasteiger partial charge is 0.388 e. The van der Waals surface area contributed by atoms with Gasteiger partial charge in [0, 0.05) is 10.7 Å². The molecule has 12 heavy (non-hydrogen) atoms. The standard InChI is InChI=1S/C10H18OS/c1-6-4-5-7-9(2,3)10(7,11)8(6)12/h6-8,11-12H,4-5H2,1-3H3. The van der Waals surface area contributed by atoms with Crippen molar-refractivity contribution in [3.05, 3.63) is 0 Å². The summed E-state index contributed by atoms with van der Waals surface area (Å²) < 4.78 is 0. The van der Waals surface area contributed by atoms with Crippen molar-refractivity contribution >= 4 is 12.6 Å². The van der Waals surface area contributed by atoms with Gasteiger partial charge in [-0.2, -0.15) is 12.6 Å². The maximum Gasteiger partial charge on any atom is 0.0854 e. The maximum atomic E-state index is 10.3. The third-order valence-electron chi connectivity index (χ3n) is 4.25. The molecule has 70 valence electrons. The molecule has 2 aliphatic carbocycles. The summed E-state index contributed by atoms with van der Waals surface area (Å²) in [6.45, 7) is 6.53. The lowest BCUT2D eigenvalue weighted by molar-refractivity contribution is 0.0679. The average Bonchev–Trinajstić information content (AvgIpc) is 2.42. The molecule has 4 unspecified atom stereocenters. The Hall–Kier alpha value is 0.310. The highest BCUT2D eigenvalue weighted by atomic mass is 32.1. The summed E-state index contributed by atoms with van der Waals surface area (Å²) in [6, 6.07) is 0. The summed E-state index contributed by atoms with van der Waals surface area (Å²) >= 11 is 4.54. The lowest BCUT2D eigenvalue weighted by atomic mass is 9.88. The van der Waals surface area contributed by atoms with Crippen LogP contribution in [0.5, 0.6) is 0 Å². The van der Waals surface area contributed by atoms with E-state index in [0.29, 0.717) is 11.8 Å². The van der Waals surface area contributed by atoms with Crippen molar-refractivity contribution in [2.75, 3.05) is 0 Å². The molecule has 0 aromatic carbocycles. The molecule has 0 bridgehead atoms. The van der Waals surface area contributed by atoms with E-state index in [4.69, 9.17) is 0 Å². The van der Waals surface area contributed by atoms with Crippen molar-refractivity contribution in [1.29, 1.82) is 0 Å². The van der Waals surface area contributed by atoms with Crippen LogP contribution >= 0.6 is 12.6 Å². The molecule has 0 radical (unpaired) electrons. The van der Waals surface area contributed by atoms with E-state index in [1.807, 2.05) is 0 Å². The molecule has 2 rings (SSSR count). The van der Waals surface area contributed by atoms with Crippen LogP contribution in [0.4, 0.5) is 0 Å². The molecule has 4 atom stereocenters. The quantitative estimate of drug-likeness (QED) is 0.555. The molecule has 2 fully saturated rings. The Bertz CT molecular complexity index is 214. The predicted octanol–water partition coefficient (Wildman–Crippen LogP) is 2.10. The third kappa shape index (κ3) is 0.759. The second kappa shape index (κ2) is 2.21. The average molecular weight is 186 g/mol. The minimum atomic E-state index is -0.465. The van der Waals surface area contributed by atoms with E-state index in [-0.39, 0.29) is 10.7 Å². The first-order valence-electron chi connectivity index (χ1n) is 4.83. The zero-order valence-corrected chi connectivity index (χ0v) is 8.94. The van der Waals surface area contributed by atoms with E-state index in [1.165, 1.54) is 12.8 Å². The summed E-state index contributed by atoms with van der Waals surface area (Å²) in [6.07, 6.45) is 2.41. The second-order valence-electron chi connectivity index (χ2n) is 5.10. The first-order chi connectivity index (χ1) is 5.42. The molecule has 0 aliphatic heterocycles. The van der Waals surface area contributed by atoms with Gasteiger partial charge in [0.1, 0.15) is 0 Å². The normalized spacial score (nSPS) is 56.2. The van der Waals surface area contributed by atoms with Crippen LogP contribution < -0.4 is 0 Å². The van der Waals surface area contributed by atoms with Gasteiger partial charge in [-0.15, -0.1) is 0 Å². The molecule has 2 saturated carbocycles. The van der Waals surface area contributed by atoms with Crippen molar-refractivity contribution in [3.8, 4) is 0 Å². The zero-order chi connectivity index (χ0) is 9.15. The Morgan fingerprint density at radius 2 is 1.92 bits per heavy atom. The summed E-state index contributed by atoms with van der Waals surface area (Å²) in [4.78, 5) is 0. The highest BCUT2D eigenvalue weighted by Gasteiger charge is 2.74. The lowest BCUT2D eigenvalue weighted by Gasteiger charge is -2.30. The molecular weight excluding hydrogens is 168 g/mol. The maximum absolute atomic E-state index is 10.3. The van der Waals surface area contributed by atoms with E-state index in [9.17, 15) is 5.11 Å². The van der Waals surface area contributed by atoms with Gasteiger partial charge in [0.05, 0.1) is 5.60 Å². The fourth-order valence-corrected chi connectivity index (χ4v) is 3.73. The van der Waals surface area contributed by atoms with E-state index < -0.39 is 5.60 Å². The summed E-state index contributed by atoms with van der Waals surface area (Å²) in [5.74, 6) is 1.07. The van der Waals surface area contributed by atoms with Crippen molar-refractivity contribution < 1.29 is 5.11 Å². The molecular formula is C10H18OS.